The van der Waals surface area contributed by atoms with E-state index in [1.807, 2.05) is 11.8 Å². The van der Waals surface area contributed by atoms with E-state index in [2.05, 4.69) is 5.32 Å². The molecule has 2 aliphatic carbocycles. The molecule has 2 heterocycles. The first kappa shape index (κ1) is 22.8. The quantitative estimate of drug-likeness (QED) is 0.711. The average Bonchev–Trinajstić information content (AvgIpc) is 3.61. The minimum atomic E-state index is -3.69. The number of benzene rings is 1. The predicted molar refractivity (Wildman–Crippen MR) is 126 cm³/mol. The first-order valence-electron chi connectivity index (χ1n) is 12.6. The van der Waals surface area contributed by atoms with Gasteiger partial charge in [-0.2, -0.15) is 4.31 Å². The number of nitrogens with zero attached hydrogens (tertiary/aromatic N) is 2. The lowest BCUT2D eigenvalue weighted by Gasteiger charge is -2.33. The first-order valence-corrected chi connectivity index (χ1v) is 14.0. The topological polar surface area (TPSA) is 86.8 Å². The maximum Gasteiger partial charge on any atom is 0.243 e. The van der Waals surface area contributed by atoms with E-state index < -0.39 is 10.0 Å². The lowest BCUT2D eigenvalue weighted by Crippen LogP contribution is -2.47. The van der Waals surface area contributed by atoms with Crippen LogP contribution in [0.15, 0.2) is 23.1 Å². The summed E-state index contributed by atoms with van der Waals surface area (Å²) in [5.74, 6) is 0.00178. The molecular formula is C25H35N3O4S. The van der Waals surface area contributed by atoms with E-state index in [0.29, 0.717) is 19.4 Å². The minimum absolute atomic E-state index is 0.00110. The van der Waals surface area contributed by atoms with E-state index in [1.54, 1.807) is 18.2 Å². The van der Waals surface area contributed by atoms with Gasteiger partial charge in [0.15, 0.2) is 0 Å². The van der Waals surface area contributed by atoms with Crippen LogP contribution in [-0.2, 0) is 26.0 Å². The Balaban J connectivity index is 1.29. The van der Waals surface area contributed by atoms with E-state index in [4.69, 9.17) is 0 Å². The summed E-state index contributed by atoms with van der Waals surface area (Å²) >= 11 is 0. The molecule has 1 aromatic carbocycles. The zero-order valence-corrected chi connectivity index (χ0v) is 20.3. The SMILES string of the molecule is C[C@H]1Cc2cc(S(=O)(=O)N3CCC[C@@H](C(=O)NC4CCCCC4)C3)ccc2N1C(=O)C1CC1. The van der Waals surface area contributed by atoms with Crippen LogP contribution in [0.2, 0.25) is 0 Å². The molecule has 180 valence electrons. The molecule has 2 aliphatic heterocycles. The maximum absolute atomic E-state index is 13.5. The molecule has 0 unspecified atom stereocenters. The molecular weight excluding hydrogens is 438 g/mol. The number of sulfonamides is 1. The van der Waals surface area contributed by atoms with Crippen LogP contribution in [0.5, 0.6) is 0 Å². The van der Waals surface area contributed by atoms with Crippen molar-refractivity contribution in [1.82, 2.24) is 9.62 Å². The Hall–Kier alpha value is -1.93. The highest BCUT2D eigenvalue weighted by Gasteiger charge is 2.40. The number of hydrogen-bond acceptors (Lipinski definition) is 4. The Morgan fingerprint density at radius 3 is 2.45 bits per heavy atom. The van der Waals surface area contributed by atoms with Crippen molar-refractivity contribution in [3.05, 3.63) is 23.8 Å². The summed E-state index contributed by atoms with van der Waals surface area (Å²) in [5, 5.41) is 3.17. The van der Waals surface area contributed by atoms with Gasteiger partial charge in [0.1, 0.15) is 0 Å². The molecule has 3 fully saturated rings. The lowest BCUT2D eigenvalue weighted by molar-refractivity contribution is -0.127. The number of amides is 2. The molecule has 0 spiro atoms. The first-order chi connectivity index (χ1) is 15.8. The zero-order valence-electron chi connectivity index (χ0n) is 19.5. The molecule has 4 aliphatic rings. The molecule has 2 atom stereocenters. The summed E-state index contributed by atoms with van der Waals surface area (Å²) in [5.41, 5.74) is 1.77. The molecule has 1 saturated heterocycles. The van der Waals surface area contributed by atoms with Crippen LogP contribution in [0.4, 0.5) is 5.69 Å². The van der Waals surface area contributed by atoms with Gasteiger partial charge in [0.2, 0.25) is 21.8 Å². The van der Waals surface area contributed by atoms with Crippen LogP contribution in [0.25, 0.3) is 0 Å². The summed E-state index contributed by atoms with van der Waals surface area (Å²) in [4.78, 5) is 27.7. The highest BCUT2D eigenvalue weighted by molar-refractivity contribution is 7.89. The van der Waals surface area contributed by atoms with E-state index in [1.165, 1.54) is 10.7 Å². The van der Waals surface area contributed by atoms with Crippen molar-refractivity contribution in [2.75, 3.05) is 18.0 Å². The van der Waals surface area contributed by atoms with Crippen molar-refractivity contribution in [3.8, 4) is 0 Å². The molecule has 2 saturated carbocycles. The van der Waals surface area contributed by atoms with Crippen LogP contribution in [0.1, 0.15) is 70.3 Å². The summed E-state index contributed by atoms with van der Waals surface area (Å²) in [6.07, 6.45) is 9.56. The van der Waals surface area contributed by atoms with Crippen molar-refractivity contribution < 1.29 is 18.0 Å². The molecule has 7 nitrogen and oxygen atoms in total. The number of rotatable bonds is 5. The fraction of sp³-hybridized carbons (Fsp3) is 0.680. The fourth-order valence-electron chi connectivity index (χ4n) is 5.72. The number of carbonyl (C=O) groups excluding carboxylic acids is 2. The predicted octanol–water partition coefficient (Wildman–Crippen LogP) is 3.22. The number of carbonyl (C=O) groups is 2. The monoisotopic (exact) mass is 473 g/mol. The van der Waals surface area contributed by atoms with Crippen molar-refractivity contribution in [2.24, 2.45) is 11.8 Å². The summed E-state index contributed by atoms with van der Waals surface area (Å²) in [7, 11) is -3.69. The van der Waals surface area contributed by atoms with Crippen molar-refractivity contribution >= 4 is 27.5 Å². The number of nitrogens with one attached hydrogen (secondary N) is 1. The van der Waals surface area contributed by atoms with Crippen molar-refractivity contribution in [3.63, 3.8) is 0 Å². The van der Waals surface area contributed by atoms with Gasteiger partial charge in [-0.25, -0.2) is 8.42 Å². The molecule has 5 rings (SSSR count). The number of anilines is 1. The van der Waals surface area contributed by atoms with Crippen LogP contribution < -0.4 is 10.2 Å². The average molecular weight is 474 g/mol. The minimum Gasteiger partial charge on any atom is -0.353 e. The number of fused-ring (bicyclic) bond motifs is 1. The second-order valence-electron chi connectivity index (χ2n) is 10.4. The van der Waals surface area contributed by atoms with Crippen molar-refractivity contribution in [1.29, 1.82) is 0 Å². The van der Waals surface area contributed by atoms with Gasteiger partial charge >= 0.3 is 0 Å². The largest absolute Gasteiger partial charge is 0.353 e. The summed E-state index contributed by atoms with van der Waals surface area (Å²) in [6, 6.07) is 5.45. The molecule has 2 amide bonds. The zero-order chi connectivity index (χ0) is 23.2. The molecule has 0 aromatic heterocycles. The van der Waals surface area contributed by atoms with Crippen molar-refractivity contribution in [2.45, 2.75) is 88.1 Å². The number of piperidine rings is 1. The van der Waals surface area contributed by atoms with Gasteiger partial charge in [-0.1, -0.05) is 19.3 Å². The molecule has 33 heavy (non-hydrogen) atoms. The third-order valence-corrected chi connectivity index (χ3v) is 9.64. The molecule has 0 bridgehead atoms. The normalized spacial score (nSPS) is 26.8. The highest BCUT2D eigenvalue weighted by atomic mass is 32.2. The molecule has 1 aromatic rings. The van der Waals surface area contributed by atoms with E-state index in [0.717, 1.165) is 56.2 Å². The van der Waals surface area contributed by atoms with E-state index in [-0.39, 0.29) is 47.2 Å². The second kappa shape index (κ2) is 9.02. The fourth-order valence-corrected chi connectivity index (χ4v) is 7.30. The Morgan fingerprint density at radius 2 is 1.73 bits per heavy atom. The van der Waals surface area contributed by atoms with Gasteiger partial charge in [0.25, 0.3) is 0 Å². The molecule has 1 N–H and O–H groups in total. The Morgan fingerprint density at radius 1 is 0.970 bits per heavy atom. The molecule has 8 heteroatoms. The van der Waals surface area contributed by atoms with Gasteiger partial charge in [0, 0.05) is 36.8 Å². The second-order valence-corrected chi connectivity index (χ2v) is 12.3. The highest BCUT2D eigenvalue weighted by Crippen LogP contribution is 2.40. The third kappa shape index (κ3) is 4.56. The van der Waals surface area contributed by atoms with Crippen LogP contribution in [-0.4, -0.2) is 49.7 Å². The van der Waals surface area contributed by atoms with Crippen LogP contribution in [0.3, 0.4) is 0 Å². The molecule has 0 radical (unpaired) electrons. The van der Waals surface area contributed by atoms with Gasteiger partial charge in [-0.15, -0.1) is 0 Å². The standard InChI is InChI=1S/C25H35N3O4S/c1-17-14-20-15-22(11-12-23(20)28(17)25(30)18-9-10-18)33(31,32)27-13-5-6-19(16-27)24(29)26-21-7-3-2-4-8-21/h11-12,15,17-19,21H,2-10,13-14,16H2,1H3,(H,26,29)/t17-,19+/m0/s1. The van der Waals surface area contributed by atoms with Gasteiger partial charge in [-0.05, 0) is 75.6 Å². The number of hydrogen-bond donors (Lipinski definition) is 1. The summed E-state index contributed by atoms with van der Waals surface area (Å²) < 4.78 is 28.4. The Kier molecular flexibility index (Phi) is 6.25. The van der Waals surface area contributed by atoms with Gasteiger partial charge in [0.05, 0.1) is 10.8 Å². The van der Waals surface area contributed by atoms with Gasteiger partial charge in [-0.3, -0.25) is 9.59 Å². The van der Waals surface area contributed by atoms with Crippen LogP contribution >= 0.6 is 0 Å². The van der Waals surface area contributed by atoms with E-state index in [9.17, 15) is 18.0 Å². The smallest absolute Gasteiger partial charge is 0.243 e. The third-order valence-electron chi connectivity index (χ3n) is 7.77. The Bertz CT molecular complexity index is 1030. The maximum atomic E-state index is 13.5. The van der Waals surface area contributed by atoms with Gasteiger partial charge < -0.3 is 10.2 Å². The van der Waals surface area contributed by atoms with E-state index >= 15 is 0 Å². The Labute approximate surface area is 196 Å². The summed E-state index contributed by atoms with van der Waals surface area (Å²) in [6.45, 7) is 2.70. The lowest BCUT2D eigenvalue weighted by atomic mass is 9.93. The van der Waals surface area contributed by atoms with Crippen LogP contribution in [0, 0.1) is 11.8 Å².